The lowest BCUT2D eigenvalue weighted by atomic mass is 10.0. The fraction of sp³-hybridized carbons (Fsp3) is 0.538. The van der Waals surface area contributed by atoms with Crippen LogP contribution in [0, 0.1) is 0 Å². The van der Waals surface area contributed by atoms with Gasteiger partial charge in [-0.3, -0.25) is 4.79 Å². The number of carbonyl (C=O) groups is 1. The Bertz CT molecular complexity index is 534. The molecule has 1 aromatic rings. The molecule has 0 bridgehead atoms. The SMILES string of the molecule is O=C(c1cc(Br)cnc1Cl)N1CCCC2(C1)OCCO2. The van der Waals surface area contributed by atoms with Crippen molar-refractivity contribution in [2.24, 2.45) is 0 Å². The zero-order chi connectivity index (χ0) is 14.2. The van der Waals surface area contributed by atoms with Crippen molar-refractivity contribution < 1.29 is 14.3 Å². The van der Waals surface area contributed by atoms with Crippen LogP contribution in [-0.4, -0.2) is 47.9 Å². The van der Waals surface area contributed by atoms with Crippen molar-refractivity contribution in [2.75, 3.05) is 26.3 Å². The molecule has 0 atom stereocenters. The maximum atomic E-state index is 12.6. The van der Waals surface area contributed by atoms with E-state index in [1.807, 2.05) is 0 Å². The van der Waals surface area contributed by atoms with Crippen molar-refractivity contribution in [1.29, 1.82) is 0 Å². The maximum Gasteiger partial charge on any atom is 0.257 e. The van der Waals surface area contributed by atoms with E-state index >= 15 is 0 Å². The summed E-state index contributed by atoms with van der Waals surface area (Å²) in [5.41, 5.74) is 0.399. The predicted molar refractivity (Wildman–Crippen MR) is 76.7 cm³/mol. The molecule has 5 nitrogen and oxygen atoms in total. The average Bonchev–Trinajstić information content (AvgIpc) is 2.88. The Morgan fingerprint density at radius 3 is 2.95 bits per heavy atom. The van der Waals surface area contributed by atoms with Crippen LogP contribution >= 0.6 is 27.5 Å². The number of piperidine rings is 1. The molecular formula is C13H14BrClN2O3. The van der Waals surface area contributed by atoms with Crippen LogP contribution in [0.4, 0.5) is 0 Å². The first kappa shape index (κ1) is 14.3. The average molecular weight is 362 g/mol. The highest BCUT2D eigenvalue weighted by Crippen LogP contribution is 2.31. The molecule has 2 aliphatic rings. The topological polar surface area (TPSA) is 51.7 Å². The summed E-state index contributed by atoms with van der Waals surface area (Å²) in [5.74, 6) is -0.762. The van der Waals surface area contributed by atoms with E-state index in [2.05, 4.69) is 20.9 Å². The monoisotopic (exact) mass is 360 g/mol. The van der Waals surface area contributed by atoms with Crippen molar-refractivity contribution in [3.05, 3.63) is 27.5 Å². The maximum absolute atomic E-state index is 12.6. The number of halogens is 2. The van der Waals surface area contributed by atoms with Crippen molar-refractivity contribution in [3.63, 3.8) is 0 Å². The molecule has 7 heteroatoms. The first-order valence-corrected chi connectivity index (χ1v) is 7.65. The molecule has 3 rings (SSSR count). The van der Waals surface area contributed by atoms with Gasteiger partial charge in [-0.15, -0.1) is 0 Å². The third-order valence-corrected chi connectivity index (χ3v) is 4.29. The minimum Gasteiger partial charge on any atom is -0.346 e. The molecule has 20 heavy (non-hydrogen) atoms. The molecule has 2 fully saturated rings. The van der Waals surface area contributed by atoms with E-state index in [-0.39, 0.29) is 11.1 Å². The fourth-order valence-corrected chi connectivity index (χ4v) is 3.15. The van der Waals surface area contributed by atoms with Gasteiger partial charge in [0.05, 0.1) is 25.3 Å². The highest BCUT2D eigenvalue weighted by molar-refractivity contribution is 9.10. The molecule has 1 aromatic heterocycles. The second-order valence-corrected chi connectivity index (χ2v) is 6.20. The molecule has 0 radical (unpaired) electrons. The number of rotatable bonds is 1. The van der Waals surface area contributed by atoms with Crippen LogP contribution in [0.5, 0.6) is 0 Å². The van der Waals surface area contributed by atoms with Gasteiger partial charge in [-0.1, -0.05) is 11.6 Å². The molecule has 108 valence electrons. The van der Waals surface area contributed by atoms with E-state index in [1.54, 1.807) is 17.2 Å². The molecule has 0 aliphatic carbocycles. The lowest BCUT2D eigenvalue weighted by molar-refractivity contribution is -0.183. The molecular weight excluding hydrogens is 348 g/mol. The molecule has 0 aromatic carbocycles. The molecule has 1 spiro atoms. The van der Waals surface area contributed by atoms with Gasteiger partial charge in [-0.2, -0.15) is 0 Å². The summed E-state index contributed by atoms with van der Waals surface area (Å²) in [6.45, 7) is 2.28. The van der Waals surface area contributed by atoms with Crippen LogP contribution in [0.2, 0.25) is 5.15 Å². The van der Waals surface area contributed by atoms with Crippen LogP contribution in [0.15, 0.2) is 16.7 Å². The van der Waals surface area contributed by atoms with Gasteiger partial charge in [-0.05, 0) is 28.4 Å². The van der Waals surface area contributed by atoms with Crippen molar-refractivity contribution in [1.82, 2.24) is 9.88 Å². The number of carbonyl (C=O) groups excluding carboxylic acids is 1. The van der Waals surface area contributed by atoms with Crippen molar-refractivity contribution in [3.8, 4) is 0 Å². The number of aromatic nitrogens is 1. The van der Waals surface area contributed by atoms with Gasteiger partial charge in [0.1, 0.15) is 5.15 Å². The third kappa shape index (κ3) is 2.70. The third-order valence-electron chi connectivity index (χ3n) is 3.55. The number of nitrogens with zero attached hydrogens (tertiary/aromatic N) is 2. The van der Waals surface area contributed by atoms with Gasteiger partial charge < -0.3 is 14.4 Å². The number of hydrogen-bond donors (Lipinski definition) is 0. The minimum atomic E-state index is -0.625. The lowest BCUT2D eigenvalue weighted by Crippen LogP contribution is -2.51. The molecule has 0 unspecified atom stereocenters. The Morgan fingerprint density at radius 2 is 2.20 bits per heavy atom. The van der Waals surface area contributed by atoms with Crippen LogP contribution < -0.4 is 0 Å². The van der Waals surface area contributed by atoms with Crippen molar-refractivity contribution >= 4 is 33.4 Å². The number of likely N-dealkylation sites (tertiary alicyclic amines) is 1. The normalized spacial score (nSPS) is 21.4. The molecule has 2 aliphatic heterocycles. The number of amides is 1. The zero-order valence-corrected chi connectivity index (χ0v) is 13.1. The van der Waals surface area contributed by atoms with Gasteiger partial charge in [0.2, 0.25) is 0 Å². The Kier molecular flexibility index (Phi) is 3.99. The van der Waals surface area contributed by atoms with Gasteiger partial charge in [0.25, 0.3) is 5.91 Å². The van der Waals surface area contributed by atoms with Gasteiger partial charge >= 0.3 is 0 Å². The minimum absolute atomic E-state index is 0.137. The number of pyridine rings is 1. The van der Waals surface area contributed by atoms with Crippen molar-refractivity contribution in [2.45, 2.75) is 18.6 Å². The first-order chi connectivity index (χ1) is 9.60. The zero-order valence-electron chi connectivity index (χ0n) is 10.8. The predicted octanol–water partition coefficient (Wildman–Crippen LogP) is 2.48. The van der Waals surface area contributed by atoms with E-state index in [0.29, 0.717) is 31.9 Å². The standard InChI is InChI=1S/C13H14BrClN2O3/c14-9-6-10(11(15)16-7-9)12(18)17-3-1-2-13(8-17)19-4-5-20-13/h6-7H,1-5,8H2. The number of hydrogen-bond acceptors (Lipinski definition) is 4. The van der Waals surface area contributed by atoms with E-state index < -0.39 is 5.79 Å². The largest absolute Gasteiger partial charge is 0.346 e. The second kappa shape index (κ2) is 5.60. The van der Waals surface area contributed by atoms with Gasteiger partial charge in [0, 0.05) is 23.6 Å². The summed E-state index contributed by atoms with van der Waals surface area (Å²) in [7, 11) is 0. The van der Waals surface area contributed by atoms with Crippen LogP contribution in [0.3, 0.4) is 0 Å². The summed E-state index contributed by atoms with van der Waals surface area (Å²) in [6, 6.07) is 1.69. The summed E-state index contributed by atoms with van der Waals surface area (Å²) >= 11 is 9.33. The Labute approximate surface area is 130 Å². The Balaban J connectivity index is 1.81. The summed E-state index contributed by atoms with van der Waals surface area (Å²) in [6.07, 6.45) is 3.24. The Hall–Kier alpha value is -0.690. The number of ether oxygens (including phenoxy) is 2. The van der Waals surface area contributed by atoms with E-state index in [9.17, 15) is 4.79 Å². The van der Waals surface area contributed by atoms with E-state index in [1.165, 1.54) is 0 Å². The summed E-state index contributed by atoms with van der Waals surface area (Å²) in [5, 5.41) is 0.214. The highest BCUT2D eigenvalue weighted by Gasteiger charge is 2.42. The molecule has 1 amide bonds. The summed E-state index contributed by atoms with van der Waals surface area (Å²) in [4.78, 5) is 18.3. The Morgan fingerprint density at radius 1 is 1.45 bits per heavy atom. The van der Waals surface area contributed by atoms with Crippen LogP contribution in [0.25, 0.3) is 0 Å². The molecule has 3 heterocycles. The van der Waals surface area contributed by atoms with E-state index in [0.717, 1.165) is 17.3 Å². The second-order valence-electron chi connectivity index (χ2n) is 4.93. The quantitative estimate of drug-likeness (QED) is 0.721. The molecule has 0 N–H and O–H groups in total. The van der Waals surface area contributed by atoms with Crippen LogP contribution in [-0.2, 0) is 9.47 Å². The lowest BCUT2D eigenvalue weighted by Gasteiger charge is -2.38. The first-order valence-electron chi connectivity index (χ1n) is 6.48. The van der Waals surface area contributed by atoms with Crippen LogP contribution in [0.1, 0.15) is 23.2 Å². The molecule has 2 saturated heterocycles. The summed E-state index contributed by atoms with van der Waals surface area (Å²) < 4.78 is 12.1. The van der Waals surface area contributed by atoms with Gasteiger partial charge in [0.15, 0.2) is 5.79 Å². The molecule has 0 saturated carbocycles. The highest BCUT2D eigenvalue weighted by atomic mass is 79.9. The van der Waals surface area contributed by atoms with E-state index in [4.69, 9.17) is 21.1 Å². The fourth-order valence-electron chi connectivity index (χ4n) is 2.64. The van der Waals surface area contributed by atoms with Gasteiger partial charge in [-0.25, -0.2) is 4.98 Å². The smallest absolute Gasteiger partial charge is 0.257 e.